The number of likely N-dealkylation sites (tertiary alicyclic amines) is 1. The Hall–Kier alpha value is -0.0800. The van der Waals surface area contributed by atoms with Crippen molar-refractivity contribution in [1.29, 1.82) is 0 Å². The van der Waals surface area contributed by atoms with Crippen molar-refractivity contribution in [1.82, 2.24) is 10.2 Å². The van der Waals surface area contributed by atoms with Gasteiger partial charge >= 0.3 is 0 Å². The average Bonchev–Trinajstić information content (AvgIpc) is 2.86. The van der Waals surface area contributed by atoms with E-state index in [2.05, 4.69) is 31.0 Å². The van der Waals surface area contributed by atoms with Gasteiger partial charge < -0.3 is 10.2 Å². The van der Waals surface area contributed by atoms with Crippen LogP contribution in [-0.2, 0) is 0 Å². The molecule has 1 aliphatic carbocycles. The van der Waals surface area contributed by atoms with Crippen molar-refractivity contribution in [2.24, 2.45) is 11.3 Å². The monoisotopic (exact) mass is 266 g/mol. The third-order valence-corrected chi connectivity index (χ3v) is 5.39. The molecular weight excluding hydrogens is 232 g/mol. The van der Waals surface area contributed by atoms with E-state index in [0.29, 0.717) is 11.5 Å². The second kappa shape index (κ2) is 7.08. The van der Waals surface area contributed by atoms with Crippen LogP contribution in [0.4, 0.5) is 0 Å². The summed E-state index contributed by atoms with van der Waals surface area (Å²) < 4.78 is 0. The van der Waals surface area contributed by atoms with Crippen molar-refractivity contribution in [2.45, 2.75) is 71.8 Å². The van der Waals surface area contributed by atoms with Crippen LogP contribution in [0.2, 0.25) is 0 Å². The highest BCUT2D eigenvalue weighted by Gasteiger charge is 2.36. The highest BCUT2D eigenvalue weighted by atomic mass is 15.1. The highest BCUT2D eigenvalue weighted by Crippen LogP contribution is 2.39. The van der Waals surface area contributed by atoms with Crippen molar-refractivity contribution in [2.75, 3.05) is 26.2 Å². The predicted octanol–water partition coefficient (Wildman–Crippen LogP) is 3.67. The Morgan fingerprint density at radius 3 is 2.32 bits per heavy atom. The molecule has 1 saturated heterocycles. The van der Waals surface area contributed by atoms with E-state index >= 15 is 0 Å². The Balaban J connectivity index is 1.83. The lowest BCUT2D eigenvalue weighted by molar-refractivity contribution is 0.108. The Bertz CT molecular complexity index is 248. The molecule has 2 rings (SSSR count). The Labute approximate surface area is 120 Å². The first-order chi connectivity index (χ1) is 9.13. The molecule has 0 atom stereocenters. The normalized spacial score (nSPS) is 25.3. The standard InChI is InChI=1S/C17H34N2/c1-4-16-7-11-19(12-8-16)14-17(9-5-6-10-17)13-18-15(2)3/h15-16,18H,4-14H2,1-3H3. The van der Waals surface area contributed by atoms with Gasteiger partial charge in [0.15, 0.2) is 0 Å². The Morgan fingerprint density at radius 1 is 1.16 bits per heavy atom. The molecule has 0 unspecified atom stereocenters. The van der Waals surface area contributed by atoms with Gasteiger partial charge in [0, 0.05) is 19.1 Å². The molecule has 1 N–H and O–H groups in total. The first-order valence-electron chi connectivity index (χ1n) is 8.59. The zero-order chi connectivity index (χ0) is 13.7. The van der Waals surface area contributed by atoms with Crippen molar-refractivity contribution >= 4 is 0 Å². The van der Waals surface area contributed by atoms with Crippen LogP contribution in [0.3, 0.4) is 0 Å². The van der Waals surface area contributed by atoms with E-state index < -0.39 is 0 Å². The van der Waals surface area contributed by atoms with Gasteiger partial charge in [-0.15, -0.1) is 0 Å². The molecule has 1 saturated carbocycles. The van der Waals surface area contributed by atoms with Crippen LogP contribution in [0, 0.1) is 11.3 Å². The number of nitrogens with one attached hydrogen (secondary N) is 1. The zero-order valence-electron chi connectivity index (χ0n) is 13.4. The van der Waals surface area contributed by atoms with Crippen LogP contribution in [0.25, 0.3) is 0 Å². The third kappa shape index (κ3) is 4.46. The van der Waals surface area contributed by atoms with E-state index in [4.69, 9.17) is 0 Å². The van der Waals surface area contributed by atoms with Crippen LogP contribution in [0.5, 0.6) is 0 Å². The Kier molecular flexibility index (Phi) is 5.70. The minimum absolute atomic E-state index is 0.587. The molecule has 2 nitrogen and oxygen atoms in total. The van der Waals surface area contributed by atoms with Gasteiger partial charge in [-0.1, -0.05) is 40.0 Å². The quantitative estimate of drug-likeness (QED) is 0.789. The predicted molar refractivity (Wildman–Crippen MR) is 83.5 cm³/mol. The third-order valence-electron chi connectivity index (χ3n) is 5.39. The molecule has 2 fully saturated rings. The van der Waals surface area contributed by atoms with Gasteiger partial charge in [0.05, 0.1) is 0 Å². The van der Waals surface area contributed by atoms with Crippen LogP contribution in [0.15, 0.2) is 0 Å². The van der Waals surface area contributed by atoms with Crippen LogP contribution < -0.4 is 5.32 Å². The fourth-order valence-electron chi connectivity index (χ4n) is 3.96. The summed E-state index contributed by atoms with van der Waals surface area (Å²) in [5.74, 6) is 1.00. The van der Waals surface area contributed by atoms with Gasteiger partial charge in [0.1, 0.15) is 0 Å². The summed E-state index contributed by atoms with van der Waals surface area (Å²) in [4.78, 5) is 2.76. The summed E-state index contributed by atoms with van der Waals surface area (Å²) in [7, 11) is 0. The first kappa shape index (κ1) is 15.3. The number of hydrogen-bond acceptors (Lipinski definition) is 2. The molecule has 0 aromatic rings. The maximum Gasteiger partial charge on any atom is 0.00501 e. The molecule has 1 aliphatic heterocycles. The summed E-state index contributed by atoms with van der Waals surface area (Å²) in [6, 6.07) is 0.628. The average molecular weight is 266 g/mol. The van der Waals surface area contributed by atoms with Gasteiger partial charge in [-0.3, -0.25) is 0 Å². The molecule has 2 heteroatoms. The van der Waals surface area contributed by atoms with Gasteiger partial charge in [0.2, 0.25) is 0 Å². The van der Waals surface area contributed by atoms with Crippen molar-refractivity contribution in [3.63, 3.8) is 0 Å². The molecule has 1 heterocycles. The lowest BCUT2D eigenvalue weighted by Crippen LogP contribution is -2.46. The first-order valence-corrected chi connectivity index (χ1v) is 8.59. The molecule has 0 amide bonds. The molecule has 0 aromatic heterocycles. The lowest BCUT2D eigenvalue weighted by atomic mass is 9.84. The van der Waals surface area contributed by atoms with E-state index in [1.54, 1.807) is 0 Å². The van der Waals surface area contributed by atoms with Gasteiger partial charge in [-0.2, -0.15) is 0 Å². The minimum Gasteiger partial charge on any atom is -0.314 e. The molecule has 0 radical (unpaired) electrons. The Morgan fingerprint density at radius 2 is 1.79 bits per heavy atom. The summed E-state index contributed by atoms with van der Waals surface area (Å²) in [6.07, 6.45) is 10.0. The van der Waals surface area contributed by atoms with Crippen LogP contribution in [0.1, 0.15) is 65.7 Å². The van der Waals surface area contributed by atoms with Crippen LogP contribution in [-0.4, -0.2) is 37.1 Å². The molecule has 2 aliphatic rings. The van der Waals surface area contributed by atoms with E-state index in [0.717, 1.165) is 5.92 Å². The van der Waals surface area contributed by atoms with Gasteiger partial charge in [-0.05, 0) is 50.1 Å². The van der Waals surface area contributed by atoms with Crippen molar-refractivity contribution in [3.8, 4) is 0 Å². The fraction of sp³-hybridized carbons (Fsp3) is 1.00. The largest absolute Gasteiger partial charge is 0.314 e. The van der Waals surface area contributed by atoms with Gasteiger partial charge in [0.25, 0.3) is 0 Å². The summed E-state index contributed by atoms with van der Waals surface area (Å²) >= 11 is 0. The lowest BCUT2D eigenvalue weighted by Gasteiger charge is -2.39. The summed E-state index contributed by atoms with van der Waals surface area (Å²) in [6.45, 7) is 12.2. The van der Waals surface area contributed by atoms with Crippen LogP contribution >= 0.6 is 0 Å². The van der Waals surface area contributed by atoms with E-state index in [-0.39, 0.29) is 0 Å². The number of rotatable bonds is 6. The molecule has 0 aromatic carbocycles. The number of nitrogens with zero attached hydrogens (tertiary/aromatic N) is 1. The zero-order valence-corrected chi connectivity index (χ0v) is 13.4. The topological polar surface area (TPSA) is 15.3 Å². The van der Waals surface area contributed by atoms with E-state index in [1.807, 2.05) is 0 Å². The number of hydrogen-bond donors (Lipinski definition) is 1. The van der Waals surface area contributed by atoms with E-state index in [1.165, 1.54) is 71.1 Å². The molecule has 0 spiro atoms. The summed E-state index contributed by atoms with van der Waals surface area (Å²) in [5, 5.41) is 3.71. The second-order valence-corrected chi connectivity index (χ2v) is 7.37. The molecule has 19 heavy (non-hydrogen) atoms. The maximum atomic E-state index is 3.71. The summed E-state index contributed by atoms with van der Waals surface area (Å²) in [5.41, 5.74) is 0.587. The van der Waals surface area contributed by atoms with E-state index in [9.17, 15) is 0 Å². The fourth-order valence-corrected chi connectivity index (χ4v) is 3.96. The smallest absolute Gasteiger partial charge is 0.00501 e. The second-order valence-electron chi connectivity index (χ2n) is 7.37. The SMILES string of the molecule is CCC1CCN(CC2(CNC(C)C)CCCC2)CC1. The number of piperidine rings is 1. The highest BCUT2D eigenvalue weighted by molar-refractivity contribution is 4.90. The van der Waals surface area contributed by atoms with Crippen molar-refractivity contribution in [3.05, 3.63) is 0 Å². The minimum atomic E-state index is 0.587. The van der Waals surface area contributed by atoms with Gasteiger partial charge in [-0.25, -0.2) is 0 Å². The van der Waals surface area contributed by atoms with Crippen molar-refractivity contribution < 1.29 is 0 Å². The maximum absolute atomic E-state index is 3.71. The molecule has 0 bridgehead atoms. The molecular formula is C17H34N2. The molecule has 112 valence electrons.